The highest BCUT2D eigenvalue weighted by molar-refractivity contribution is 9.10. The summed E-state index contributed by atoms with van der Waals surface area (Å²) in [4.78, 5) is 26.6. The second-order valence-corrected chi connectivity index (χ2v) is 6.86. The van der Waals surface area contributed by atoms with E-state index >= 15 is 0 Å². The van der Waals surface area contributed by atoms with Gasteiger partial charge in [0.25, 0.3) is 5.91 Å². The Morgan fingerprint density at radius 1 is 1.19 bits per heavy atom. The van der Waals surface area contributed by atoms with E-state index in [0.717, 1.165) is 19.3 Å². The zero-order valence-electron chi connectivity index (χ0n) is 11.5. The number of rotatable bonds is 1. The van der Waals surface area contributed by atoms with E-state index in [1.165, 1.54) is 0 Å². The lowest BCUT2D eigenvalue weighted by atomic mass is 9.79. The maximum absolute atomic E-state index is 13.0. The van der Waals surface area contributed by atoms with Crippen LogP contribution in [0.4, 0.5) is 5.69 Å². The molecule has 2 amide bonds. The lowest BCUT2D eigenvalue weighted by Crippen LogP contribution is -2.67. The average molecular weight is 372 g/mol. The molecule has 1 aromatic carbocycles. The fourth-order valence-electron chi connectivity index (χ4n) is 3.22. The molecule has 6 heteroatoms. The third kappa shape index (κ3) is 2.57. The van der Waals surface area contributed by atoms with Crippen LogP contribution in [0.25, 0.3) is 0 Å². The molecule has 0 radical (unpaired) electrons. The van der Waals surface area contributed by atoms with Crippen LogP contribution in [0.5, 0.6) is 0 Å². The van der Waals surface area contributed by atoms with Crippen LogP contribution in [0, 0.1) is 0 Å². The summed E-state index contributed by atoms with van der Waals surface area (Å²) < 4.78 is 0.653. The van der Waals surface area contributed by atoms with Crippen molar-refractivity contribution in [3.05, 3.63) is 27.7 Å². The quantitative estimate of drug-likeness (QED) is 0.823. The Hall–Kier alpha value is -1.07. The molecule has 1 aromatic rings. The first kappa shape index (κ1) is 14.9. The van der Waals surface area contributed by atoms with Crippen molar-refractivity contribution in [3.63, 3.8) is 0 Å². The van der Waals surface area contributed by atoms with Gasteiger partial charge in [-0.2, -0.15) is 0 Å². The van der Waals surface area contributed by atoms with E-state index in [-0.39, 0.29) is 18.4 Å². The number of nitrogens with one attached hydrogen (secondary N) is 1. The fourth-order valence-corrected chi connectivity index (χ4v) is 3.87. The van der Waals surface area contributed by atoms with E-state index in [9.17, 15) is 9.59 Å². The number of nitrogens with zero attached hydrogens (tertiary/aromatic N) is 1. The number of carbonyl (C=O) groups excluding carboxylic acids is 2. The van der Waals surface area contributed by atoms with Crippen molar-refractivity contribution in [1.82, 2.24) is 5.32 Å². The Bertz CT molecular complexity index is 599. The molecule has 1 N–H and O–H groups in total. The SMILES string of the molecule is O=C1CN(c2cccc(Cl)c2Br)C(=O)C2(CCCCC2)N1. The van der Waals surface area contributed by atoms with Gasteiger partial charge < -0.3 is 5.32 Å². The van der Waals surface area contributed by atoms with Crippen LogP contribution >= 0.6 is 27.5 Å². The van der Waals surface area contributed by atoms with Gasteiger partial charge in [0.05, 0.1) is 15.2 Å². The van der Waals surface area contributed by atoms with E-state index in [2.05, 4.69) is 21.2 Å². The van der Waals surface area contributed by atoms with Gasteiger partial charge in [-0.15, -0.1) is 0 Å². The normalized spacial score (nSPS) is 21.5. The molecular weight excluding hydrogens is 356 g/mol. The van der Waals surface area contributed by atoms with E-state index in [4.69, 9.17) is 11.6 Å². The molecule has 112 valence electrons. The van der Waals surface area contributed by atoms with Gasteiger partial charge in [0.15, 0.2) is 0 Å². The molecule has 1 aliphatic carbocycles. The predicted molar refractivity (Wildman–Crippen MR) is 85.5 cm³/mol. The number of amides is 2. The fraction of sp³-hybridized carbons (Fsp3) is 0.467. The third-order valence-corrected chi connectivity index (χ3v) is 5.64. The van der Waals surface area contributed by atoms with Gasteiger partial charge in [-0.1, -0.05) is 36.9 Å². The molecule has 21 heavy (non-hydrogen) atoms. The molecule has 1 heterocycles. The maximum Gasteiger partial charge on any atom is 0.253 e. The van der Waals surface area contributed by atoms with Crippen LogP contribution in [0.3, 0.4) is 0 Å². The van der Waals surface area contributed by atoms with Gasteiger partial charge in [0.1, 0.15) is 12.1 Å². The Morgan fingerprint density at radius 2 is 1.90 bits per heavy atom. The van der Waals surface area contributed by atoms with Gasteiger partial charge in [-0.05, 0) is 40.9 Å². The van der Waals surface area contributed by atoms with Gasteiger partial charge >= 0.3 is 0 Å². The second kappa shape index (κ2) is 5.61. The van der Waals surface area contributed by atoms with E-state index in [1.54, 1.807) is 17.0 Å². The zero-order chi connectivity index (χ0) is 15.0. The van der Waals surface area contributed by atoms with Crippen molar-refractivity contribution in [3.8, 4) is 0 Å². The maximum atomic E-state index is 13.0. The monoisotopic (exact) mass is 370 g/mol. The molecule has 0 unspecified atom stereocenters. The summed E-state index contributed by atoms with van der Waals surface area (Å²) in [5, 5.41) is 3.47. The first-order chi connectivity index (χ1) is 10.0. The predicted octanol–water partition coefficient (Wildman–Crippen LogP) is 3.27. The lowest BCUT2D eigenvalue weighted by Gasteiger charge is -2.44. The van der Waals surface area contributed by atoms with Crippen LogP contribution in [0.2, 0.25) is 5.02 Å². The molecule has 1 saturated carbocycles. The molecule has 0 bridgehead atoms. The van der Waals surface area contributed by atoms with E-state index in [0.29, 0.717) is 28.0 Å². The highest BCUT2D eigenvalue weighted by Gasteiger charge is 2.47. The molecular formula is C15H16BrClN2O2. The molecule has 0 aromatic heterocycles. The lowest BCUT2D eigenvalue weighted by molar-refractivity contribution is -0.137. The minimum absolute atomic E-state index is 0.0234. The molecule has 1 spiro atoms. The minimum Gasteiger partial charge on any atom is -0.340 e. The van der Waals surface area contributed by atoms with Crippen molar-refractivity contribution in [1.29, 1.82) is 0 Å². The van der Waals surface area contributed by atoms with E-state index in [1.807, 2.05) is 6.07 Å². The second-order valence-electron chi connectivity index (χ2n) is 5.66. The number of anilines is 1. The van der Waals surface area contributed by atoms with Gasteiger partial charge in [0, 0.05) is 0 Å². The first-order valence-electron chi connectivity index (χ1n) is 7.10. The molecule has 4 nitrogen and oxygen atoms in total. The molecule has 3 rings (SSSR count). The van der Waals surface area contributed by atoms with Crippen molar-refractivity contribution < 1.29 is 9.59 Å². The molecule has 1 aliphatic heterocycles. The summed E-state index contributed by atoms with van der Waals surface area (Å²) >= 11 is 9.53. The van der Waals surface area contributed by atoms with E-state index < -0.39 is 5.54 Å². The molecule has 2 aliphatic rings. The van der Waals surface area contributed by atoms with Gasteiger partial charge in [-0.25, -0.2) is 0 Å². The van der Waals surface area contributed by atoms with Gasteiger partial charge in [-0.3, -0.25) is 14.5 Å². The van der Waals surface area contributed by atoms with Crippen LogP contribution < -0.4 is 10.2 Å². The Balaban J connectivity index is 2.00. The van der Waals surface area contributed by atoms with Crippen LogP contribution in [-0.2, 0) is 9.59 Å². The smallest absolute Gasteiger partial charge is 0.253 e. The number of benzene rings is 1. The number of hydrogen-bond acceptors (Lipinski definition) is 2. The van der Waals surface area contributed by atoms with Gasteiger partial charge in [0.2, 0.25) is 5.91 Å². The number of halogens is 2. The summed E-state index contributed by atoms with van der Waals surface area (Å²) in [7, 11) is 0. The number of carbonyl (C=O) groups is 2. The first-order valence-corrected chi connectivity index (χ1v) is 8.28. The minimum atomic E-state index is -0.727. The standard InChI is InChI=1S/C15H16BrClN2O2/c16-13-10(17)5-4-6-11(13)19-9-12(20)18-15(14(19)21)7-2-1-3-8-15/h4-6H,1-3,7-9H2,(H,18,20). The molecule has 1 saturated heterocycles. The van der Waals surface area contributed by atoms with Crippen molar-refractivity contribution >= 4 is 45.0 Å². The molecule has 2 fully saturated rings. The highest BCUT2D eigenvalue weighted by atomic mass is 79.9. The van der Waals surface area contributed by atoms with Crippen molar-refractivity contribution in [2.75, 3.05) is 11.4 Å². The van der Waals surface area contributed by atoms with Crippen molar-refractivity contribution in [2.45, 2.75) is 37.6 Å². The van der Waals surface area contributed by atoms with Crippen LogP contribution in [-0.4, -0.2) is 23.9 Å². The average Bonchev–Trinajstić information content (AvgIpc) is 2.47. The summed E-state index contributed by atoms with van der Waals surface area (Å²) in [6.45, 7) is 0.0412. The summed E-state index contributed by atoms with van der Waals surface area (Å²) in [6, 6.07) is 5.35. The number of piperazine rings is 1. The molecule has 0 atom stereocenters. The van der Waals surface area contributed by atoms with Crippen molar-refractivity contribution in [2.24, 2.45) is 0 Å². The van der Waals surface area contributed by atoms with Crippen LogP contribution in [0.1, 0.15) is 32.1 Å². The summed E-state index contributed by atoms with van der Waals surface area (Å²) in [6.07, 6.45) is 4.48. The topological polar surface area (TPSA) is 49.4 Å². The highest BCUT2D eigenvalue weighted by Crippen LogP contribution is 2.38. The summed E-state index contributed by atoms with van der Waals surface area (Å²) in [5.74, 6) is -0.131. The Morgan fingerprint density at radius 3 is 2.62 bits per heavy atom. The number of hydrogen-bond donors (Lipinski definition) is 1. The Labute approximate surface area is 137 Å². The summed E-state index contributed by atoms with van der Waals surface area (Å²) in [5.41, 5.74) is -0.0673. The Kier molecular flexibility index (Phi) is 3.97. The largest absolute Gasteiger partial charge is 0.340 e. The zero-order valence-corrected chi connectivity index (χ0v) is 13.8. The third-order valence-electron chi connectivity index (χ3n) is 4.26. The van der Waals surface area contributed by atoms with Crippen LogP contribution in [0.15, 0.2) is 22.7 Å².